The van der Waals surface area contributed by atoms with Gasteiger partial charge < -0.3 is 4.98 Å². The summed E-state index contributed by atoms with van der Waals surface area (Å²) < 4.78 is 57.5. The Hall–Kier alpha value is -2.32. The molecule has 2 aromatic carbocycles. The third-order valence-electron chi connectivity index (χ3n) is 2.91. The number of aromatic nitrogens is 1. The van der Waals surface area contributed by atoms with Crippen molar-refractivity contribution in [2.45, 2.75) is 5.51 Å². The molecule has 0 unspecified atom stereocenters. The molecular formula is C15H12F3NO3S. The van der Waals surface area contributed by atoms with Crippen LogP contribution in [0, 0.1) is 0 Å². The number of H-pyrrole nitrogens is 1. The molecule has 0 aliphatic rings. The zero-order valence-electron chi connectivity index (χ0n) is 11.6. The molecule has 3 aromatic rings. The maximum absolute atomic E-state index is 10.7. The summed E-state index contributed by atoms with van der Waals surface area (Å²) in [6, 6.07) is 20.9. The molecule has 0 aliphatic heterocycles. The Labute approximate surface area is 130 Å². The van der Waals surface area contributed by atoms with E-state index in [-0.39, 0.29) is 0 Å². The Balaban J connectivity index is 0.000000207. The van der Waals surface area contributed by atoms with Gasteiger partial charge in [-0.25, -0.2) is 0 Å². The molecule has 4 nitrogen and oxygen atoms in total. The van der Waals surface area contributed by atoms with Gasteiger partial charge in [0, 0.05) is 16.6 Å². The molecule has 23 heavy (non-hydrogen) atoms. The van der Waals surface area contributed by atoms with Crippen molar-refractivity contribution in [3.05, 3.63) is 60.7 Å². The van der Waals surface area contributed by atoms with Crippen molar-refractivity contribution >= 4 is 21.0 Å². The molecule has 1 aromatic heterocycles. The van der Waals surface area contributed by atoms with Crippen molar-refractivity contribution in [3.63, 3.8) is 0 Å². The molecule has 0 saturated carbocycles. The molecule has 0 atom stereocenters. The summed E-state index contributed by atoms with van der Waals surface area (Å²) >= 11 is 0. The number of benzene rings is 2. The van der Waals surface area contributed by atoms with Crippen molar-refractivity contribution in [1.82, 2.24) is 4.98 Å². The van der Waals surface area contributed by atoms with Crippen LogP contribution in [0.25, 0.3) is 22.2 Å². The lowest BCUT2D eigenvalue weighted by atomic mass is 10.1. The minimum Gasteiger partial charge on any atom is -0.355 e. The van der Waals surface area contributed by atoms with Crippen LogP contribution >= 0.6 is 0 Å². The summed E-state index contributed by atoms with van der Waals surface area (Å²) in [5.74, 6) is 0. The van der Waals surface area contributed by atoms with Crippen LogP contribution in [-0.4, -0.2) is 23.5 Å². The number of rotatable bonds is 1. The first-order valence-corrected chi connectivity index (χ1v) is 7.79. The molecule has 0 amide bonds. The second-order valence-electron chi connectivity index (χ2n) is 4.56. The molecule has 3 rings (SSSR count). The van der Waals surface area contributed by atoms with E-state index in [1.165, 1.54) is 22.2 Å². The molecule has 0 radical (unpaired) electrons. The second-order valence-corrected chi connectivity index (χ2v) is 5.97. The standard InChI is InChI=1S/C14H11N.CHF3O3S/c1-2-6-11(7-3-1)14-10-12-8-4-5-9-13(12)15-14;2-1(3,4)8(5,6)7/h1-10,15H;(H,5,6,7). The summed E-state index contributed by atoms with van der Waals surface area (Å²) in [6.07, 6.45) is 0. The minimum atomic E-state index is -5.84. The van der Waals surface area contributed by atoms with Gasteiger partial charge >= 0.3 is 15.6 Å². The van der Waals surface area contributed by atoms with Gasteiger partial charge in [0.05, 0.1) is 0 Å². The van der Waals surface area contributed by atoms with Gasteiger partial charge in [-0.2, -0.15) is 21.6 Å². The van der Waals surface area contributed by atoms with Crippen molar-refractivity contribution in [2.24, 2.45) is 0 Å². The van der Waals surface area contributed by atoms with Crippen LogP contribution in [0.5, 0.6) is 0 Å². The van der Waals surface area contributed by atoms with Gasteiger partial charge in [0.1, 0.15) is 0 Å². The first kappa shape index (κ1) is 17.0. The van der Waals surface area contributed by atoms with E-state index in [1.807, 2.05) is 12.1 Å². The Bertz CT molecular complexity index is 854. The van der Waals surface area contributed by atoms with Crippen LogP contribution in [0.1, 0.15) is 0 Å². The maximum atomic E-state index is 10.7. The highest BCUT2D eigenvalue weighted by molar-refractivity contribution is 7.86. The zero-order chi connectivity index (χ0) is 17.1. The van der Waals surface area contributed by atoms with Crippen LogP contribution in [0.3, 0.4) is 0 Å². The van der Waals surface area contributed by atoms with Gasteiger partial charge in [-0.05, 0) is 17.7 Å². The first-order valence-electron chi connectivity index (χ1n) is 6.35. The van der Waals surface area contributed by atoms with Gasteiger partial charge in [0.15, 0.2) is 0 Å². The van der Waals surface area contributed by atoms with E-state index in [1.54, 1.807) is 0 Å². The number of alkyl halides is 3. The van der Waals surface area contributed by atoms with E-state index in [9.17, 15) is 13.2 Å². The van der Waals surface area contributed by atoms with E-state index < -0.39 is 15.6 Å². The van der Waals surface area contributed by atoms with Crippen LogP contribution in [-0.2, 0) is 10.1 Å². The maximum Gasteiger partial charge on any atom is 0.522 e. The van der Waals surface area contributed by atoms with Gasteiger partial charge in [-0.3, -0.25) is 4.55 Å². The fourth-order valence-corrected chi connectivity index (χ4v) is 1.85. The zero-order valence-corrected chi connectivity index (χ0v) is 12.4. The Morgan fingerprint density at radius 1 is 0.913 bits per heavy atom. The number of aromatic amines is 1. The molecular weight excluding hydrogens is 331 g/mol. The number of nitrogens with one attached hydrogen (secondary N) is 1. The molecule has 1 heterocycles. The van der Waals surface area contributed by atoms with Crippen molar-refractivity contribution in [2.75, 3.05) is 0 Å². The average Bonchev–Trinajstić information content (AvgIpc) is 2.91. The second kappa shape index (κ2) is 6.43. The van der Waals surface area contributed by atoms with E-state index in [0.29, 0.717) is 0 Å². The fraction of sp³-hybridized carbons (Fsp3) is 0.0667. The van der Waals surface area contributed by atoms with Gasteiger partial charge in [0.2, 0.25) is 0 Å². The Morgan fingerprint density at radius 2 is 1.43 bits per heavy atom. The highest BCUT2D eigenvalue weighted by atomic mass is 32.2. The van der Waals surface area contributed by atoms with Crippen molar-refractivity contribution in [1.29, 1.82) is 0 Å². The fourth-order valence-electron chi connectivity index (χ4n) is 1.85. The van der Waals surface area contributed by atoms with E-state index >= 15 is 0 Å². The molecule has 8 heteroatoms. The summed E-state index contributed by atoms with van der Waals surface area (Å²) in [5.41, 5.74) is -1.94. The summed E-state index contributed by atoms with van der Waals surface area (Å²) in [7, 11) is -5.84. The van der Waals surface area contributed by atoms with Crippen molar-refractivity contribution < 1.29 is 26.1 Å². The quantitative estimate of drug-likeness (QED) is 0.513. The Morgan fingerprint density at radius 3 is 1.96 bits per heavy atom. The summed E-state index contributed by atoms with van der Waals surface area (Å²) in [5, 5.41) is 1.26. The number of hydrogen-bond donors (Lipinski definition) is 2. The van der Waals surface area contributed by atoms with Gasteiger partial charge in [-0.1, -0.05) is 48.5 Å². The SMILES string of the molecule is O=S(=O)(O)C(F)(F)F.c1ccc(-c2cc3ccccc3[nH]2)cc1. The first-order chi connectivity index (χ1) is 10.7. The van der Waals surface area contributed by atoms with Crippen LogP contribution < -0.4 is 0 Å². The predicted octanol–water partition coefficient (Wildman–Crippen LogP) is 4.23. The highest BCUT2D eigenvalue weighted by Gasteiger charge is 2.44. The van der Waals surface area contributed by atoms with E-state index in [2.05, 4.69) is 53.5 Å². The molecule has 122 valence electrons. The lowest BCUT2D eigenvalue weighted by Gasteiger charge is -1.97. The third kappa shape index (κ3) is 4.33. The smallest absolute Gasteiger partial charge is 0.355 e. The molecule has 0 fully saturated rings. The number of hydrogen-bond acceptors (Lipinski definition) is 2. The topological polar surface area (TPSA) is 70.2 Å². The van der Waals surface area contributed by atoms with Crippen LogP contribution in [0.15, 0.2) is 60.7 Å². The largest absolute Gasteiger partial charge is 0.522 e. The molecule has 0 spiro atoms. The van der Waals surface area contributed by atoms with E-state index in [4.69, 9.17) is 13.0 Å². The lowest BCUT2D eigenvalue weighted by Crippen LogP contribution is -2.21. The Kier molecular flexibility index (Phi) is 4.76. The molecule has 0 saturated heterocycles. The van der Waals surface area contributed by atoms with E-state index in [0.717, 1.165) is 0 Å². The summed E-state index contributed by atoms with van der Waals surface area (Å²) in [4.78, 5) is 3.41. The third-order valence-corrected chi connectivity index (χ3v) is 3.49. The number of para-hydroxylation sites is 1. The predicted molar refractivity (Wildman–Crippen MR) is 81.3 cm³/mol. The normalized spacial score (nSPS) is 11.8. The molecule has 0 aliphatic carbocycles. The highest BCUT2D eigenvalue weighted by Crippen LogP contribution is 2.23. The molecule has 0 bridgehead atoms. The van der Waals surface area contributed by atoms with Gasteiger partial charge in [0.25, 0.3) is 0 Å². The average molecular weight is 343 g/mol. The number of fused-ring (bicyclic) bond motifs is 1. The number of halogens is 3. The lowest BCUT2D eigenvalue weighted by molar-refractivity contribution is -0.0510. The monoisotopic (exact) mass is 343 g/mol. The summed E-state index contributed by atoms with van der Waals surface area (Å²) in [6.45, 7) is 0. The van der Waals surface area contributed by atoms with Crippen molar-refractivity contribution in [3.8, 4) is 11.3 Å². The minimum absolute atomic E-state index is 1.18. The van der Waals surface area contributed by atoms with Crippen LogP contribution in [0.4, 0.5) is 13.2 Å². The van der Waals surface area contributed by atoms with Gasteiger partial charge in [-0.15, -0.1) is 0 Å². The van der Waals surface area contributed by atoms with Crippen LogP contribution in [0.2, 0.25) is 0 Å². The molecule has 2 N–H and O–H groups in total.